The molecule has 1 saturated heterocycles. The van der Waals surface area contributed by atoms with E-state index in [1.54, 1.807) is 14.2 Å². The van der Waals surface area contributed by atoms with E-state index in [2.05, 4.69) is 22.8 Å². The van der Waals surface area contributed by atoms with Gasteiger partial charge in [-0.1, -0.05) is 38.7 Å². The van der Waals surface area contributed by atoms with E-state index in [-0.39, 0.29) is 5.97 Å². The smallest absolute Gasteiger partial charge is 0.305 e. The molecule has 1 aliphatic rings. The number of methoxy groups -OCH3 is 2. The molecule has 7 nitrogen and oxygen atoms in total. The lowest BCUT2D eigenvalue weighted by Gasteiger charge is -2.35. The molecule has 1 aromatic carbocycles. The van der Waals surface area contributed by atoms with Gasteiger partial charge in [0, 0.05) is 44.7 Å². The molecule has 0 saturated carbocycles. The Balaban J connectivity index is 1.91. The first kappa shape index (κ1) is 27.3. The molecule has 0 spiro atoms. The minimum Gasteiger partial charge on any atom is -0.493 e. The van der Waals surface area contributed by atoms with Gasteiger partial charge in [0.25, 0.3) is 0 Å². The first-order valence-electron chi connectivity index (χ1n) is 12.6. The van der Waals surface area contributed by atoms with Gasteiger partial charge in [-0.3, -0.25) is 9.69 Å². The van der Waals surface area contributed by atoms with E-state index in [9.17, 15) is 4.79 Å². The molecule has 0 atom stereocenters. The quantitative estimate of drug-likeness (QED) is 0.263. The number of carbonyl (C=O) groups is 1. The molecule has 1 heterocycles. The predicted molar refractivity (Wildman–Crippen MR) is 131 cm³/mol. The lowest BCUT2D eigenvalue weighted by molar-refractivity contribution is -0.143. The minimum absolute atomic E-state index is 0.192. The van der Waals surface area contributed by atoms with Crippen LogP contribution < -0.4 is 14.2 Å². The maximum Gasteiger partial charge on any atom is 0.305 e. The van der Waals surface area contributed by atoms with Crippen molar-refractivity contribution in [1.82, 2.24) is 9.80 Å². The van der Waals surface area contributed by atoms with Crippen LogP contribution in [-0.4, -0.2) is 75.9 Å². The molecular weight excluding hydrogens is 420 g/mol. The first-order valence-corrected chi connectivity index (χ1v) is 12.6. The molecule has 0 N–H and O–H groups in total. The summed E-state index contributed by atoms with van der Waals surface area (Å²) in [5, 5.41) is 0. The van der Waals surface area contributed by atoms with Crippen molar-refractivity contribution < 1.29 is 23.7 Å². The molecule has 0 radical (unpaired) electrons. The summed E-state index contributed by atoms with van der Waals surface area (Å²) in [5.41, 5.74) is 1.08. The molecule has 0 amide bonds. The summed E-state index contributed by atoms with van der Waals surface area (Å²) < 4.78 is 22.2. The third-order valence-corrected chi connectivity index (χ3v) is 6.10. The number of hydrogen-bond acceptors (Lipinski definition) is 7. The van der Waals surface area contributed by atoms with Gasteiger partial charge in [-0.15, -0.1) is 0 Å². The fourth-order valence-corrected chi connectivity index (χ4v) is 4.20. The van der Waals surface area contributed by atoms with E-state index in [0.717, 1.165) is 38.3 Å². The number of unbranched alkanes of at least 4 members (excludes halogenated alkanes) is 4. The molecule has 1 fully saturated rings. The van der Waals surface area contributed by atoms with Crippen molar-refractivity contribution in [1.29, 1.82) is 0 Å². The first-order chi connectivity index (χ1) is 16.1. The number of esters is 1. The third kappa shape index (κ3) is 9.41. The Morgan fingerprint density at radius 2 is 1.61 bits per heavy atom. The van der Waals surface area contributed by atoms with Crippen molar-refractivity contribution in [3.05, 3.63) is 17.7 Å². The van der Waals surface area contributed by atoms with Crippen LogP contribution in [0.1, 0.15) is 64.4 Å². The van der Waals surface area contributed by atoms with Gasteiger partial charge in [0.1, 0.15) is 0 Å². The van der Waals surface area contributed by atoms with Crippen molar-refractivity contribution in [3.8, 4) is 17.2 Å². The van der Waals surface area contributed by atoms with Crippen LogP contribution >= 0.6 is 0 Å². The van der Waals surface area contributed by atoms with Crippen LogP contribution in [0.2, 0.25) is 0 Å². The molecule has 0 bridgehead atoms. The molecule has 1 aliphatic heterocycles. The van der Waals surface area contributed by atoms with Gasteiger partial charge in [-0.05, 0) is 32.4 Å². The predicted octanol–water partition coefficient (Wildman–Crippen LogP) is 4.51. The molecule has 2 rings (SSSR count). The minimum atomic E-state index is -0.192. The molecule has 0 aliphatic carbocycles. The number of piperazine rings is 1. The lowest BCUT2D eigenvalue weighted by atomic mass is 10.1. The SMILES string of the molecule is CCCCCCCN1CCN(Cc2ccc(OC)c(OC)c2OCCCC(=O)OCC)CC1. The van der Waals surface area contributed by atoms with Gasteiger partial charge in [-0.25, -0.2) is 0 Å². The zero-order chi connectivity index (χ0) is 23.9. The average molecular weight is 465 g/mol. The second kappa shape index (κ2) is 15.8. The Labute approximate surface area is 200 Å². The highest BCUT2D eigenvalue weighted by Crippen LogP contribution is 2.40. The molecule has 1 aromatic rings. The van der Waals surface area contributed by atoms with Gasteiger partial charge in [0.15, 0.2) is 11.5 Å². The fourth-order valence-electron chi connectivity index (χ4n) is 4.20. The van der Waals surface area contributed by atoms with Gasteiger partial charge in [0.2, 0.25) is 5.75 Å². The van der Waals surface area contributed by atoms with Crippen LogP contribution in [-0.2, 0) is 16.1 Å². The lowest BCUT2D eigenvalue weighted by Crippen LogP contribution is -2.46. The Morgan fingerprint density at radius 3 is 2.27 bits per heavy atom. The maximum absolute atomic E-state index is 11.6. The monoisotopic (exact) mass is 464 g/mol. The van der Waals surface area contributed by atoms with Crippen molar-refractivity contribution >= 4 is 5.97 Å². The highest BCUT2D eigenvalue weighted by Gasteiger charge is 2.21. The van der Waals surface area contributed by atoms with E-state index in [1.807, 2.05) is 13.0 Å². The second-order valence-electron chi connectivity index (χ2n) is 8.58. The van der Waals surface area contributed by atoms with Crippen molar-refractivity contribution in [2.24, 2.45) is 0 Å². The Morgan fingerprint density at radius 1 is 0.879 bits per heavy atom. The van der Waals surface area contributed by atoms with E-state index < -0.39 is 0 Å². The van der Waals surface area contributed by atoms with Crippen molar-refractivity contribution in [2.45, 2.75) is 65.3 Å². The van der Waals surface area contributed by atoms with Gasteiger partial charge in [-0.2, -0.15) is 0 Å². The number of rotatable bonds is 16. The highest BCUT2D eigenvalue weighted by atomic mass is 16.5. The van der Waals surface area contributed by atoms with Gasteiger partial charge >= 0.3 is 5.97 Å². The second-order valence-corrected chi connectivity index (χ2v) is 8.58. The standard InChI is InChI=1S/C26H44N2O5/c1-5-7-8-9-10-15-27-16-18-28(19-17-27)21-22-13-14-23(30-3)26(31-4)25(22)33-20-11-12-24(29)32-6-2/h13-14H,5-12,15-21H2,1-4H3. The Bertz CT molecular complexity index is 690. The van der Waals surface area contributed by atoms with E-state index >= 15 is 0 Å². The highest BCUT2D eigenvalue weighted by molar-refractivity contribution is 5.69. The van der Waals surface area contributed by atoms with Gasteiger partial charge < -0.3 is 23.8 Å². The number of hydrogen-bond donors (Lipinski definition) is 0. The summed E-state index contributed by atoms with van der Waals surface area (Å²) in [7, 11) is 3.26. The van der Waals surface area contributed by atoms with E-state index in [1.165, 1.54) is 38.6 Å². The largest absolute Gasteiger partial charge is 0.493 e. The topological polar surface area (TPSA) is 60.5 Å². The summed E-state index contributed by atoms with van der Waals surface area (Å²) in [5.74, 6) is 1.77. The molecular formula is C26H44N2O5. The number of ether oxygens (including phenoxy) is 4. The molecule has 7 heteroatoms. The number of nitrogens with zero attached hydrogens (tertiary/aromatic N) is 2. The molecule has 0 aromatic heterocycles. The van der Waals surface area contributed by atoms with Crippen LogP contribution in [0, 0.1) is 0 Å². The maximum atomic E-state index is 11.6. The molecule has 33 heavy (non-hydrogen) atoms. The Kier molecular flexibility index (Phi) is 13.0. The van der Waals surface area contributed by atoms with Crippen LogP contribution in [0.3, 0.4) is 0 Å². The van der Waals surface area contributed by atoms with Crippen LogP contribution in [0.5, 0.6) is 17.2 Å². The summed E-state index contributed by atoms with van der Waals surface area (Å²) in [6.45, 7) is 11.2. The summed E-state index contributed by atoms with van der Waals surface area (Å²) >= 11 is 0. The Hall–Kier alpha value is -1.99. The third-order valence-electron chi connectivity index (χ3n) is 6.10. The summed E-state index contributed by atoms with van der Waals surface area (Å²) in [6.07, 6.45) is 7.60. The number of benzene rings is 1. The fraction of sp³-hybridized carbons (Fsp3) is 0.731. The summed E-state index contributed by atoms with van der Waals surface area (Å²) in [4.78, 5) is 16.7. The zero-order valence-corrected chi connectivity index (χ0v) is 21.2. The van der Waals surface area contributed by atoms with E-state index in [0.29, 0.717) is 43.3 Å². The van der Waals surface area contributed by atoms with Crippen LogP contribution in [0.4, 0.5) is 0 Å². The normalized spacial score (nSPS) is 14.8. The average Bonchev–Trinajstić information content (AvgIpc) is 2.83. The zero-order valence-electron chi connectivity index (χ0n) is 21.2. The van der Waals surface area contributed by atoms with Crippen LogP contribution in [0.15, 0.2) is 12.1 Å². The molecule has 0 unspecified atom stereocenters. The van der Waals surface area contributed by atoms with Crippen molar-refractivity contribution in [3.63, 3.8) is 0 Å². The summed E-state index contributed by atoms with van der Waals surface area (Å²) in [6, 6.07) is 3.99. The number of carbonyl (C=O) groups excluding carboxylic acids is 1. The van der Waals surface area contributed by atoms with E-state index in [4.69, 9.17) is 18.9 Å². The molecule has 188 valence electrons. The van der Waals surface area contributed by atoms with Crippen molar-refractivity contribution in [2.75, 3.05) is 60.2 Å². The van der Waals surface area contributed by atoms with Crippen LogP contribution in [0.25, 0.3) is 0 Å². The van der Waals surface area contributed by atoms with Gasteiger partial charge in [0.05, 0.1) is 27.4 Å².